The van der Waals surface area contributed by atoms with E-state index in [0.29, 0.717) is 37.5 Å². The maximum absolute atomic E-state index is 13.0. The summed E-state index contributed by atoms with van der Waals surface area (Å²) in [6.07, 6.45) is 4.58. The lowest BCUT2D eigenvalue weighted by atomic mass is 9.79. The van der Waals surface area contributed by atoms with Gasteiger partial charge >= 0.3 is 0 Å². The van der Waals surface area contributed by atoms with Crippen LogP contribution in [0.1, 0.15) is 76.6 Å². The minimum absolute atomic E-state index is 0.0549. The van der Waals surface area contributed by atoms with Gasteiger partial charge in [-0.05, 0) is 76.5 Å². The number of hydrogen-bond donors (Lipinski definition) is 5. The number of benzene rings is 1. The lowest BCUT2D eigenvalue weighted by Crippen LogP contribution is -2.54. The fraction of sp³-hybridized carbons (Fsp3) is 0.733. The second kappa shape index (κ2) is 16.8. The minimum atomic E-state index is -0.881. The molecule has 39 heavy (non-hydrogen) atoms. The largest absolute Gasteiger partial charge is 0.493 e. The van der Waals surface area contributed by atoms with Crippen molar-refractivity contribution in [3.8, 4) is 5.75 Å². The van der Waals surface area contributed by atoms with Gasteiger partial charge in [0.15, 0.2) is 0 Å². The van der Waals surface area contributed by atoms with Gasteiger partial charge in [0.05, 0.1) is 23.7 Å². The number of nitrogens with two attached hydrogens (primary N) is 1. The number of carbonyl (C=O) groups is 2. The summed E-state index contributed by atoms with van der Waals surface area (Å²) >= 11 is 0. The molecule has 1 saturated heterocycles. The summed E-state index contributed by atoms with van der Waals surface area (Å²) in [6, 6.07) is 6.82. The van der Waals surface area contributed by atoms with E-state index < -0.39 is 17.6 Å². The normalized spacial score (nSPS) is 18.3. The van der Waals surface area contributed by atoms with Gasteiger partial charge in [-0.15, -0.1) is 0 Å². The molecule has 2 amide bonds. The van der Waals surface area contributed by atoms with Crippen LogP contribution in [0.5, 0.6) is 5.75 Å². The number of ether oxygens (including phenoxy) is 2. The van der Waals surface area contributed by atoms with Gasteiger partial charge in [-0.3, -0.25) is 9.59 Å². The van der Waals surface area contributed by atoms with Gasteiger partial charge in [-0.2, -0.15) is 0 Å². The van der Waals surface area contributed by atoms with E-state index >= 15 is 0 Å². The molecule has 1 unspecified atom stereocenters. The molecule has 6 N–H and O–H groups in total. The third kappa shape index (κ3) is 10.7. The number of rotatable bonds is 17. The number of piperidine rings is 1. The van der Waals surface area contributed by atoms with Crippen LogP contribution >= 0.6 is 0 Å². The van der Waals surface area contributed by atoms with Gasteiger partial charge in [0, 0.05) is 38.9 Å². The Hall–Kier alpha value is -2.20. The van der Waals surface area contributed by atoms with Crippen molar-refractivity contribution in [2.75, 3.05) is 40.0 Å². The van der Waals surface area contributed by atoms with Gasteiger partial charge in [0.1, 0.15) is 5.75 Å². The van der Waals surface area contributed by atoms with Crippen LogP contribution in [0.4, 0.5) is 0 Å². The highest BCUT2D eigenvalue weighted by molar-refractivity contribution is 5.96. The van der Waals surface area contributed by atoms with Crippen LogP contribution in [-0.2, 0) is 9.53 Å². The van der Waals surface area contributed by atoms with Crippen molar-refractivity contribution < 1.29 is 24.2 Å². The minimum Gasteiger partial charge on any atom is -0.493 e. The molecule has 1 aliphatic heterocycles. The number of unbranched alkanes of at least 4 members (excludes halogenated alkanes) is 1. The molecule has 2 rings (SSSR count). The van der Waals surface area contributed by atoms with E-state index in [1.165, 1.54) is 0 Å². The fourth-order valence-corrected chi connectivity index (χ4v) is 4.93. The quantitative estimate of drug-likeness (QED) is 0.189. The Bertz CT molecular complexity index is 873. The smallest absolute Gasteiger partial charge is 0.255 e. The van der Waals surface area contributed by atoms with Crippen LogP contribution in [0.15, 0.2) is 24.3 Å². The molecular weight excluding hydrogens is 496 g/mol. The molecule has 0 saturated carbocycles. The van der Waals surface area contributed by atoms with Crippen molar-refractivity contribution in [2.24, 2.45) is 23.0 Å². The Morgan fingerprint density at radius 1 is 1.13 bits per heavy atom. The van der Waals surface area contributed by atoms with Crippen LogP contribution in [0.3, 0.4) is 0 Å². The molecule has 222 valence electrons. The zero-order valence-electron chi connectivity index (χ0n) is 24.6. The van der Waals surface area contributed by atoms with Crippen molar-refractivity contribution in [3.05, 3.63) is 29.8 Å². The third-order valence-electron chi connectivity index (χ3n) is 7.91. The Kier molecular flexibility index (Phi) is 14.2. The van der Waals surface area contributed by atoms with E-state index in [2.05, 4.69) is 29.8 Å². The first kappa shape index (κ1) is 33.0. The molecule has 0 radical (unpaired) electrons. The Balaban J connectivity index is 1.85. The van der Waals surface area contributed by atoms with Gasteiger partial charge in [0.2, 0.25) is 5.91 Å². The number of nitrogens with one attached hydrogen (secondary N) is 3. The van der Waals surface area contributed by atoms with Gasteiger partial charge < -0.3 is 36.3 Å². The average Bonchev–Trinajstić information content (AvgIpc) is 2.93. The summed E-state index contributed by atoms with van der Waals surface area (Å²) in [4.78, 5) is 25.9. The van der Waals surface area contributed by atoms with Crippen molar-refractivity contribution in [1.29, 1.82) is 0 Å². The van der Waals surface area contributed by atoms with Gasteiger partial charge in [-0.1, -0.05) is 32.4 Å². The third-order valence-corrected chi connectivity index (χ3v) is 7.91. The second-order valence-electron chi connectivity index (χ2n) is 11.7. The standard InChI is InChI=1S/C30H52N4O5/c1-21(2)22(19-33-28(36)23-12-6-7-13-26(23)39-17-11-10-16-38-5)18-24(31)25(35)20-34-29(37)30(3,4)27-14-8-9-15-32-27/h6-7,12-13,21-22,24-25,27,32,35H,8-11,14-20,31H2,1-5H3,(H,33,36)(H,34,37)/t22-,24+,25+,27?/m1/s1. The number of carbonyl (C=O) groups excluding carboxylic acids is 2. The van der Waals surface area contributed by atoms with Crippen LogP contribution < -0.4 is 26.4 Å². The Labute approximate surface area is 235 Å². The predicted molar refractivity (Wildman–Crippen MR) is 155 cm³/mol. The van der Waals surface area contributed by atoms with E-state index in [1.54, 1.807) is 19.2 Å². The monoisotopic (exact) mass is 548 g/mol. The molecule has 0 spiro atoms. The summed E-state index contributed by atoms with van der Waals surface area (Å²) in [6.45, 7) is 10.7. The molecule has 1 aliphatic rings. The highest BCUT2D eigenvalue weighted by Crippen LogP contribution is 2.27. The van der Waals surface area contributed by atoms with E-state index in [1.807, 2.05) is 26.0 Å². The first-order chi connectivity index (χ1) is 18.6. The van der Waals surface area contributed by atoms with Crippen LogP contribution in [0, 0.1) is 17.3 Å². The fourth-order valence-electron chi connectivity index (χ4n) is 4.93. The van der Waals surface area contributed by atoms with Crippen molar-refractivity contribution in [2.45, 2.75) is 84.4 Å². The lowest BCUT2D eigenvalue weighted by molar-refractivity contribution is -0.131. The highest BCUT2D eigenvalue weighted by Gasteiger charge is 2.37. The SMILES string of the molecule is COCCCCOc1ccccc1C(=O)NC[C@@H](C[C@H](N)[C@@H](O)CNC(=O)C(C)(C)C1CCCCN1)C(C)C. The predicted octanol–water partition coefficient (Wildman–Crippen LogP) is 2.86. The molecule has 1 fully saturated rings. The summed E-state index contributed by atoms with van der Waals surface area (Å²) in [7, 11) is 1.67. The number of amides is 2. The molecule has 0 aromatic heterocycles. The maximum atomic E-state index is 13.0. The molecule has 1 aromatic carbocycles. The zero-order chi connectivity index (χ0) is 28.8. The van der Waals surface area contributed by atoms with E-state index in [0.717, 1.165) is 38.6 Å². The molecule has 1 heterocycles. The van der Waals surface area contributed by atoms with Crippen molar-refractivity contribution in [3.63, 3.8) is 0 Å². The first-order valence-electron chi connectivity index (χ1n) is 14.5. The summed E-state index contributed by atoms with van der Waals surface area (Å²) in [5, 5.41) is 20.1. The second-order valence-corrected chi connectivity index (χ2v) is 11.7. The molecule has 9 nitrogen and oxygen atoms in total. The first-order valence-corrected chi connectivity index (χ1v) is 14.5. The number of para-hydroxylation sites is 1. The number of methoxy groups -OCH3 is 1. The number of aliphatic hydroxyl groups is 1. The molecule has 4 atom stereocenters. The average molecular weight is 549 g/mol. The summed E-state index contributed by atoms with van der Waals surface area (Å²) < 4.78 is 10.9. The van der Waals surface area contributed by atoms with E-state index in [9.17, 15) is 14.7 Å². The maximum Gasteiger partial charge on any atom is 0.255 e. The molecule has 1 aromatic rings. The molecule has 0 bridgehead atoms. The zero-order valence-corrected chi connectivity index (χ0v) is 24.6. The van der Waals surface area contributed by atoms with Gasteiger partial charge in [-0.25, -0.2) is 0 Å². The van der Waals surface area contributed by atoms with Gasteiger partial charge in [0.25, 0.3) is 5.91 Å². The summed E-state index contributed by atoms with van der Waals surface area (Å²) in [5.41, 5.74) is 6.29. The Morgan fingerprint density at radius 3 is 2.51 bits per heavy atom. The number of hydrogen-bond acceptors (Lipinski definition) is 7. The van der Waals surface area contributed by atoms with Crippen molar-refractivity contribution >= 4 is 11.8 Å². The van der Waals surface area contributed by atoms with Crippen LogP contribution in [0.25, 0.3) is 0 Å². The highest BCUT2D eigenvalue weighted by atomic mass is 16.5. The Morgan fingerprint density at radius 2 is 1.85 bits per heavy atom. The topological polar surface area (TPSA) is 135 Å². The van der Waals surface area contributed by atoms with E-state index in [4.69, 9.17) is 15.2 Å². The lowest BCUT2D eigenvalue weighted by Gasteiger charge is -2.37. The molecule has 9 heteroatoms. The number of aliphatic hydroxyl groups excluding tert-OH is 1. The van der Waals surface area contributed by atoms with E-state index in [-0.39, 0.29) is 36.2 Å². The summed E-state index contributed by atoms with van der Waals surface area (Å²) in [5.74, 6) is 0.567. The van der Waals surface area contributed by atoms with Crippen LogP contribution in [0.2, 0.25) is 0 Å². The van der Waals surface area contributed by atoms with Crippen LogP contribution in [-0.4, -0.2) is 75.1 Å². The molecule has 0 aliphatic carbocycles. The van der Waals surface area contributed by atoms with Crippen molar-refractivity contribution in [1.82, 2.24) is 16.0 Å². The molecular formula is C30H52N4O5.